The van der Waals surface area contributed by atoms with Gasteiger partial charge in [0.15, 0.2) is 0 Å². The lowest BCUT2D eigenvalue weighted by Crippen LogP contribution is -2.14. The number of nitrogens with zero attached hydrogens (tertiary/aromatic N) is 3. The van der Waals surface area contributed by atoms with Crippen molar-refractivity contribution < 1.29 is 18.0 Å². The van der Waals surface area contributed by atoms with Crippen molar-refractivity contribution in [2.45, 2.75) is 6.18 Å². The molecule has 0 aliphatic carbocycles. The van der Waals surface area contributed by atoms with Crippen molar-refractivity contribution in [3.63, 3.8) is 0 Å². The number of para-hydroxylation sites is 1. The van der Waals surface area contributed by atoms with Crippen LogP contribution in [0.4, 0.5) is 19.1 Å². The van der Waals surface area contributed by atoms with Crippen LogP contribution in [0.1, 0.15) is 16.2 Å². The van der Waals surface area contributed by atoms with Gasteiger partial charge in [0.2, 0.25) is 11.8 Å². The molecule has 4 aromatic rings. The number of benzene rings is 2. The maximum absolute atomic E-state index is 12.8. The van der Waals surface area contributed by atoms with E-state index in [9.17, 15) is 18.0 Å². The number of alkyl halides is 3. The second-order valence-electron chi connectivity index (χ2n) is 6.04. The van der Waals surface area contributed by atoms with Crippen LogP contribution in [-0.4, -0.2) is 26.1 Å². The third-order valence-corrected chi connectivity index (χ3v) is 4.61. The summed E-state index contributed by atoms with van der Waals surface area (Å²) in [5.41, 5.74) is 2.15. The SMILES string of the molecule is O=C(Nc1n[nH]c(C(F)(F)F)n1)c1cc(-c2ccc(Br)cc2)nc2ccccc12. The number of H-pyrrole nitrogens is 1. The lowest BCUT2D eigenvalue weighted by molar-refractivity contribution is -0.144. The largest absolute Gasteiger partial charge is 0.451 e. The molecule has 29 heavy (non-hydrogen) atoms. The van der Waals surface area contributed by atoms with Crippen LogP contribution in [0.3, 0.4) is 0 Å². The molecule has 0 aliphatic heterocycles. The first-order chi connectivity index (χ1) is 13.8. The molecule has 2 N–H and O–H groups in total. The number of fused-ring (bicyclic) bond motifs is 1. The Morgan fingerprint density at radius 1 is 1.03 bits per heavy atom. The summed E-state index contributed by atoms with van der Waals surface area (Å²) in [6, 6.07) is 15.9. The molecule has 146 valence electrons. The van der Waals surface area contributed by atoms with Crippen molar-refractivity contribution >= 4 is 38.7 Å². The molecule has 0 radical (unpaired) electrons. The van der Waals surface area contributed by atoms with Gasteiger partial charge in [-0.2, -0.15) is 18.2 Å². The summed E-state index contributed by atoms with van der Waals surface area (Å²) in [6.07, 6.45) is -4.69. The third kappa shape index (κ3) is 3.97. The fraction of sp³-hybridized carbons (Fsp3) is 0.0526. The standard InChI is InChI=1S/C19H11BrF3N5O/c20-11-7-5-10(6-8-11)15-9-13(12-3-1-2-4-14(12)24-15)16(29)25-18-26-17(27-28-18)19(21,22)23/h1-9H,(H2,25,26,27,28,29). The van der Waals surface area contributed by atoms with Gasteiger partial charge < -0.3 is 0 Å². The first-order valence-electron chi connectivity index (χ1n) is 8.28. The Labute approximate surface area is 170 Å². The monoisotopic (exact) mass is 461 g/mol. The Kier molecular flexibility index (Phi) is 4.79. The van der Waals surface area contributed by atoms with Crippen LogP contribution in [0.5, 0.6) is 0 Å². The Bertz CT molecular complexity index is 1200. The van der Waals surface area contributed by atoms with E-state index in [0.29, 0.717) is 16.6 Å². The molecule has 0 atom stereocenters. The van der Waals surface area contributed by atoms with E-state index in [1.165, 1.54) is 0 Å². The third-order valence-electron chi connectivity index (χ3n) is 4.08. The topological polar surface area (TPSA) is 83.6 Å². The highest BCUT2D eigenvalue weighted by Crippen LogP contribution is 2.28. The van der Waals surface area contributed by atoms with Crippen molar-refractivity contribution in [1.29, 1.82) is 0 Å². The molecule has 2 aromatic heterocycles. The van der Waals surface area contributed by atoms with E-state index in [1.807, 2.05) is 24.3 Å². The summed E-state index contributed by atoms with van der Waals surface area (Å²) in [7, 11) is 0. The number of pyridine rings is 1. The number of anilines is 1. The van der Waals surface area contributed by atoms with Gasteiger partial charge in [-0.25, -0.2) is 4.98 Å². The van der Waals surface area contributed by atoms with Crippen LogP contribution in [0.15, 0.2) is 59.1 Å². The van der Waals surface area contributed by atoms with Crippen molar-refractivity contribution in [3.05, 3.63) is 70.5 Å². The average molecular weight is 462 g/mol. The van der Waals surface area contributed by atoms with E-state index in [-0.39, 0.29) is 5.56 Å². The number of halogens is 4. The summed E-state index contributed by atoms with van der Waals surface area (Å²) in [4.78, 5) is 20.7. The minimum Gasteiger partial charge on any atom is -0.289 e. The van der Waals surface area contributed by atoms with Gasteiger partial charge in [0.1, 0.15) is 0 Å². The van der Waals surface area contributed by atoms with Crippen molar-refractivity contribution in [2.24, 2.45) is 0 Å². The summed E-state index contributed by atoms with van der Waals surface area (Å²) < 4.78 is 38.9. The first-order valence-corrected chi connectivity index (χ1v) is 9.07. The van der Waals surface area contributed by atoms with Gasteiger partial charge >= 0.3 is 6.18 Å². The molecule has 0 unspecified atom stereocenters. The number of nitrogens with one attached hydrogen (secondary N) is 2. The highest BCUT2D eigenvalue weighted by molar-refractivity contribution is 9.10. The molecule has 0 spiro atoms. The molecule has 4 rings (SSSR count). The fourth-order valence-corrected chi connectivity index (χ4v) is 3.01. The number of amides is 1. The van der Waals surface area contributed by atoms with Gasteiger partial charge in [-0.1, -0.05) is 46.3 Å². The van der Waals surface area contributed by atoms with Gasteiger partial charge in [-0.05, 0) is 24.3 Å². The number of carbonyl (C=O) groups is 1. The van der Waals surface area contributed by atoms with E-state index in [0.717, 1.165) is 10.0 Å². The molecular formula is C19H11BrF3N5O. The molecule has 2 aromatic carbocycles. The number of hydrogen-bond acceptors (Lipinski definition) is 4. The smallest absolute Gasteiger partial charge is 0.289 e. The number of aromatic amines is 1. The number of hydrogen-bond donors (Lipinski definition) is 2. The van der Waals surface area contributed by atoms with Crippen LogP contribution in [0.2, 0.25) is 0 Å². The van der Waals surface area contributed by atoms with Crippen LogP contribution >= 0.6 is 15.9 Å². The average Bonchev–Trinajstić information content (AvgIpc) is 3.16. The number of rotatable bonds is 3. The van der Waals surface area contributed by atoms with E-state index >= 15 is 0 Å². The van der Waals surface area contributed by atoms with Crippen molar-refractivity contribution in [3.8, 4) is 11.3 Å². The Balaban J connectivity index is 1.74. The van der Waals surface area contributed by atoms with E-state index < -0.39 is 23.9 Å². The van der Waals surface area contributed by atoms with Gasteiger partial charge in [0, 0.05) is 15.4 Å². The van der Waals surface area contributed by atoms with E-state index in [2.05, 4.69) is 36.3 Å². The maximum atomic E-state index is 12.8. The fourth-order valence-electron chi connectivity index (χ4n) is 2.75. The summed E-state index contributed by atoms with van der Waals surface area (Å²) in [5.74, 6) is -2.40. The van der Waals surface area contributed by atoms with Crippen LogP contribution < -0.4 is 5.32 Å². The van der Waals surface area contributed by atoms with Crippen molar-refractivity contribution in [2.75, 3.05) is 5.32 Å². The molecule has 0 fully saturated rings. The zero-order valence-corrected chi connectivity index (χ0v) is 16.0. The predicted octanol–water partition coefficient (Wildman–Crippen LogP) is 5.05. The number of aromatic nitrogens is 4. The van der Waals surface area contributed by atoms with Gasteiger partial charge in [0.25, 0.3) is 5.91 Å². The molecule has 0 bridgehead atoms. The molecule has 1 amide bonds. The molecule has 10 heteroatoms. The van der Waals surface area contributed by atoms with Crippen molar-refractivity contribution in [1.82, 2.24) is 20.2 Å². The lowest BCUT2D eigenvalue weighted by atomic mass is 10.0. The second kappa shape index (κ2) is 7.28. The highest BCUT2D eigenvalue weighted by Gasteiger charge is 2.35. The number of carbonyl (C=O) groups excluding carboxylic acids is 1. The lowest BCUT2D eigenvalue weighted by Gasteiger charge is -2.09. The molecule has 2 heterocycles. The molecule has 0 saturated heterocycles. The quantitative estimate of drug-likeness (QED) is 0.446. The van der Waals surface area contributed by atoms with E-state index in [4.69, 9.17) is 0 Å². The van der Waals surface area contributed by atoms with E-state index in [1.54, 1.807) is 35.4 Å². The van der Waals surface area contributed by atoms with Gasteiger partial charge in [-0.15, -0.1) is 5.10 Å². The van der Waals surface area contributed by atoms with Gasteiger partial charge in [0.05, 0.1) is 16.8 Å². The highest BCUT2D eigenvalue weighted by atomic mass is 79.9. The molecule has 0 saturated carbocycles. The second-order valence-corrected chi connectivity index (χ2v) is 6.95. The summed E-state index contributed by atoms with van der Waals surface area (Å²) in [5, 5.41) is 8.03. The maximum Gasteiger partial charge on any atom is 0.451 e. The predicted molar refractivity (Wildman–Crippen MR) is 104 cm³/mol. The van der Waals surface area contributed by atoms with Crippen LogP contribution in [0, 0.1) is 0 Å². The molecule has 6 nitrogen and oxygen atoms in total. The minimum atomic E-state index is -4.69. The zero-order valence-electron chi connectivity index (χ0n) is 14.5. The molecular weight excluding hydrogens is 451 g/mol. The molecule has 0 aliphatic rings. The van der Waals surface area contributed by atoms with Gasteiger partial charge in [-0.3, -0.25) is 15.2 Å². The Hall–Kier alpha value is -3.27. The Morgan fingerprint density at radius 2 is 1.76 bits per heavy atom. The summed E-state index contributed by atoms with van der Waals surface area (Å²) in [6.45, 7) is 0. The van der Waals surface area contributed by atoms with Crippen LogP contribution in [-0.2, 0) is 6.18 Å². The summed E-state index contributed by atoms with van der Waals surface area (Å²) >= 11 is 3.37. The van der Waals surface area contributed by atoms with Crippen LogP contribution in [0.25, 0.3) is 22.2 Å². The first kappa shape index (κ1) is 19.1. The Morgan fingerprint density at radius 3 is 2.45 bits per heavy atom. The zero-order chi connectivity index (χ0) is 20.6. The normalized spacial score (nSPS) is 11.6. The minimum absolute atomic E-state index is 0.242.